The van der Waals surface area contributed by atoms with Gasteiger partial charge in [-0.3, -0.25) is 4.79 Å². The molecule has 0 atom stereocenters. The number of halogens is 1. The Balaban J connectivity index is 1.96. The number of nitrogens with one attached hydrogen (secondary N) is 2. The fourth-order valence-corrected chi connectivity index (χ4v) is 1.90. The summed E-state index contributed by atoms with van der Waals surface area (Å²) < 4.78 is 12.8. The van der Waals surface area contributed by atoms with Gasteiger partial charge in [-0.1, -0.05) is 19.8 Å². The molecule has 0 bridgehead atoms. The molecule has 1 aromatic heterocycles. The largest absolute Gasteiger partial charge is 0.370 e. The van der Waals surface area contributed by atoms with E-state index in [1.807, 2.05) is 0 Å². The number of hydrogen-bond donors (Lipinski definition) is 2. The number of hydrogen-bond acceptors (Lipinski definition) is 4. The van der Waals surface area contributed by atoms with Gasteiger partial charge in [0.1, 0.15) is 23.7 Å². The Morgan fingerprint density at radius 2 is 1.95 bits per heavy atom. The van der Waals surface area contributed by atoms with Crippen LogP contribution < -0.4 is 10.6 Å². The van der Waals surface area contributed by atoms with Crippen molar-refractivity contribution < 1.29 is 9.18 Å². The maximum absolute atomic E-state index is 12.8. The van der Waals surface area contributed by atoms with Crippen molar-refractivity contribution in [2.75, 3.05) is 17.2 Å². The molecule has 5 nitrogen and oxygen atoms in total. The van der Waals surface area contributed by atoms with Crippen LogP contribution in [0.5, 0.6) is 0 Å². The van der Waals surface area contributed by atoms with Crippen molar-refractivity contribution in [2.24, 2.45) is 0 Å². The van der Waals surface area contributed by atoms with E-state index in [1.54, 1.807) is 6.07 Å². The molecule has 0 radical (unpaired) electrons. The monoisotopic (exact) mass is 302 g/mol. The summed E-state index contributed by atoms with van der Waals surface area (Å²) in [7, 11) is 0. The molecule has 2 N–H and O–H groups in total. The molecule has 1 amide bonds. The van der Waals surface area contributed by atoms with Gasteiger partial charge in [-0.2, -0.15) is 0 Å². The van der Waals surface area contributed by atoms with E-state index in [9.17, 15) is 9.18 Å². The van der Waals surface area contributed by atoms with E-state index < -0.39 is 0 Å². The average Bonchev–Trinajstić information content (AvgIpc) is 2.54. The number of rotatable bonds is 7. The second-order valence-corrected chi connectivity index (χ2v) is 4.88. The van der Waals surface area contributed by atoms with Crippen molar-refractivity contribution in [1.82, 2.24) is 9.97 Å². The highest BCUT2D eigenvalue weighted by Crippen LogP contribution is 2.11. The van der Waals surface area contributed by atoms with Crippen molar-refractivity contribution in [2.45, 2.75) is 26.2 Å². The van der Waals surface area contributed by atoms with Crippen LogP contribution in [0.15, 0.2) is 36.7 Å². The zero-order chi connectivity index (χ0) is 15.8. The molecular weight excluding hydrogens is 283 g/mol. The van der Waals surface area contributed by atoms with Gasteiger partial charge in [0, 0.05) is 18.3 Å². The number of anilines is 2. The summed E-state index contributed by atoms with van der Waals surface area (Å²) in [5.74, 6) is -0.0837. The predicted molar refractivity (Wildman–Crippen MR) is 84.4 cm³/mol. The molecule has 1 aromatic carbocycles. The molecule has 2 rings (SSSR count). The molecule has 0 saturated carbocycles. The number of nitrogens with zero attached hydrogens (tertiary/aromatic N) is 2. The van der Waals surface area contributed by atoms with Crippen LogP contribution in [0.3, 0.4) is 0 Å². The normalized spacial score (nSPS) is 10.3. The van der Waals surface area contributed by atoms with Gasteiger partial charge in [0.25, 0.3) is 5.91 Å². The summed E-state index contributed by atoms with van der Waals surface area (Å²) in [6, 6.07) is 7.17. The lowest BCUT2D eigenvalue weighted by Gasteiger charge is -2.07. The Labute approximate surface area is 129 Å². The Kier molecular flexibility index (Phi) is 5.82. The highest BCUT2D eigenvalue weighted by atomic mass is 19.1. The van der Waals surface area contributed by atoms with Crippen molar-refractivity contribution in [3.63, 3.8) is 0 Å². The molecule has 0 fully saturated rings. The molecule has 2 aromatic rings. The van der Waals surface area contributed by atoms with Crippen molar-refractivity contribution in [3.8, 4) is 0 Å². The second-order valence-electron chi connectivity index (χ2n) is 4.88. The van der Waals surface area contributed by atoms with E-state index in [0.717, 1.165) is 25.8 Å². The number of carbonyl (C=O) groups excluding carboxylic acids is 1. The Bertz CT molecular complexity index is 616. The van der Waals surface area contributed by atoms with Crippen LogP contribution >= 0.6 is 0 Å². The molecule has 22 heavy (non-hydrogen) atoms. The summed E-state index contributed by atoms with van der Waals surface area (Å²) >= 11 is 0. The van der Waals surface area contributed by atoms with E-state index >= 15 is 0 Å². The first-order valence-electron chi connectivity index (χ1n) is 7.32. The summed E-state index contributed by atoms with van der Waals surface area (Å²) in [5, 5.41) is 5.83. The van der Waals surface area contributed by atoms with Crippen LogP contribution in [0.4, 0.5) is 15.9 Å². The Morgan fingerprint density at radius 1 is 1.18 bits per heavy atom. The third-order valence-corrected chi connectivity index (χ3v) is 3.09. The molecule has 0 aliphatic carbocycles. The van der Waals surface area contributed by atoms with Gasteiger partial charge in [0.05, 0.1) is 0 Å². The highest BCUT2D eigenvalue weighted by molar-refractivity contribution is 6.03. The fourth-order valence-electron chi connectivity index (χ4n) is 1.90. The smallest absolute Gasteiger partial charge is 0.274 e. The summed E-state index contributed by atoms with van der Waals surface area (Å²) in [6.45, 7) is 2.95. The van der Waals surface area contributed by atoms with Crippen molar-refractivity contribution >= 4 is 17.4 Å². The topological polar surface area (TPSA) is 66.9 Å². The Morgan fingerprint density at radius 3 is 2.68 bits per heavy atom. The minimum Gasteiger partial charge on any atom is -0.370 e. The van der Waals surface area contributed by atoms with Crippen LogP contribution in [0.1, 0.15) is 36.7 Å². The van der Waals surface area contributed by atoms with Gasteiger partial charge in [-0.25, -0.2) is 14.4 Å². The zero-order valence-corrected chi connectivity index (χ0v) is 12.5. The Hall–Kier alpha value is -2.50. The van der Waals surface area contributed by atoms with Gasteiger partial charge in [-0.15, -0.1) is 0 Å². The van der Waals surface area contributed by atoms with E-state index in [2.05, 4.69) is 27.5 Å². The lowest BCUT2D eigenvalue weighted by Crippen LogP contribution is -2.15. The summed E-state index contributed by atoms with van der Waals surface area (Å²) in [4.78, 5) is 20.2. The molecule has 0 aliphatic rings. The summed E-state index contributed by atoms with van der Waals surface area (Å²) in [5.41, 5.74) is 0.778. The number of benzene rings is 1. The molecule has 6 heteroatoms. The quantitative estimate of drug-likeness (QED) is 0.769. The molecule has 116 valence electrons. The third-order valence-electron chi connectivity index (χ3n) is 3.09. The van der Waals surface area contributed by atoms with Gasteiger partial charge >= 0.3 is 0 Å². The average molecular weight is 302 g/mol. The maximum Gasteiger partial charge on any atom is 0.274 e. The van der Waals surface area contributed by atoms with Crippen LogP contribution in [0.2, 0.25) is 0 Å². The van der Waals surface area contributed by atoms with Gasteiger partial charge < -0.3 is 10.6 Å². The van der Waals surface area contributed by atoms with Gasteiger partial charge in [0.15, 0.2) is 0 Å². The van der Waals surface area contributed by atoms with Crippen LogP contribution in [-0.4, -0.2) is 22.4 Å². The minimum atomic E-state index is -0.356. The number of amides is 1. The first-order valence-corrected chi connectivity index (χ1v) is 7.32. The van der Waals surface area contributed by atoms with E-state index in [1.165, 1.54) is 30.6 Å². The molecule has 0 spiro atoms. The van der Waals surface area contributed by atoms with Crippen LogP contribution in [-0.2, 0) is 0 Å². The standard InChI is InChI=1S/C16H19FN4O/c1-2-3-4-9-18-15-10-14(19-11-20-15)16(22)21-13-7-5-12(17)6-8-13/h5-8,10-11H,2-4,9H2,1H3,(H,21,22)(H,18,19,20). The summed E-state index contributed by atoms with van der Waals surface area (Å²) in [6.07, 6.45) is 4.70. The van der Waals surface area contributed by atoms with Gasteiger partial charge in [-0.05, 0) is 30.7 Å². The second kappa shape index (κ2) is 8.07. The third kappa shape index (κ3) is 4.80. The minimum absolute atomic E-state index is 0.261. The van der Waals surface area contributed by atoms with Gasteiger partial charge in [0.2, 0.25) is 0 Å². The molecular formula is C16H19FN4O. The lowest BCUT2D eigenvalue weighted by molar-refractivity contribution is 0.102. The predicted octanol–water partition coefficient (Wildman–Crippen LogP) is 3.47. The highest BCUT2D eigenvalue weighted by Gasteiger charge is 2.09. The number of aromatic nitrogens is 2. The SMILES string of the molecule is CCCCCNc1cc(C(=O)Nc2ccc(F)cc2)ncn1. The molecule has 0 saturated heterocycles. The van der Waals surface area contributed by atoms with E-state index in [0.29, 0.717) is 11.5 Å². The van der Waals surface area contributed by atoms with Crippen molar-refractivity contribution in [1.29, 1.82) is 0 Å². The van der Waals surface area contributed by atoms with E-state index in [4.69, 9.17) is 0 Å². The molecule has 1 heterocycles. The first kappa shape index (κ1) is 15.9. The molecule has 0 aliphatic heterocycles. The number of carbonyl (C=O) groups is 1. The van der Waals surface area contributed by atoms with Crippen molar-refractivity contribution in [3.05, 3.63) is 48.2 Å². The maximum atomic E-state index is 12.8. The number of unbranched alkanes of at least 4 members (excludes halogenated alkanes) is 2. The van der Waals surface area contributed by atoms with Crippen LogP contribution in [0.25, 0.3) is 0 Å². The molecule has 0 unspecified atom stereocenters. The fraction of sp³-hybridized carbons (Fsp3) is 0.312. The van der Waals surface area contributed by atoms with Crippen LogP contribution in [0, 0.1) is 5.82 Å². The first-order chi connectivity index (χ1) is 10.7. The lowest BCUT2D eigenvalue weighted by atomic mass is 10.2. The van der Waals surface area contributed by atoms with E-state index in [-0.39, 0.29) is 17.4 Å². The zero-order valence-electron chi connectivity index (χ0n) is 12.5.